The molecule has 0 saturated carbocycles. The van der Waals surface area contributed by atoms with Crippen molar-refractivity contribution >= 4 is 32.6 Å². The Kier molecular flexibility index (Phi) is 1.80. The van der Waals surface area contributed by atoms with E-state index >= 15 is 0 Å². The summed E-state index contributed by atoms with van der Waals surface area (Å²) in [4.78, 5) is 8.52. The van der Waals surface area contributed by atoms with Gasteiger partial charge in [-0.1, -0.05) is 11.3 Å². The number of hydrogen-bond donors (Lipinski definition) is 0. The van der Waals surface area contributed by atoms with Crippen molar-refractivity contribution in [3.63, 3.8) is 0 Å². The van der Waals surface area contributed by atoms with Gasteiger partial charge in [0.25, 0.3) is 0 Å². The number of fused-ring (bicyclic) bond motifs is 7. The van der Waals surface area contributed by atoms with Crippen LogP contribution in [0.5, 0.6) is 0 Å². The third-order valence-corrected chi connectivity index (χ3v) is 5.34. The molecule has 0 spiro atoms. The normalized spacial score (nSPS) is 13.1. The zero-order valence-corrected chi connectivity index (χ0v) is 11.7. The molecule has 4 aromatic heterocycles. The lowest BCUT2D eigenvalue weighted by atomic mass is 10.2. The Hall–Kier alpha value is -2.27. The number of nitrogens with zero attached hydrogens (tertiary/aromatic N) is 4. The molecule has 0 radical (unpaired) electrons. The van der Waals surface area contributed by atoms with Gasteiger partial charge in [0.05, 0.1) is 24.2 Å². The van der Waals surface area contributed by atoms with E-state index in [1.165, 1.54) is 37.4 Å². The summed E-state index contributed by atoms with van der Waals surface area (Å²) in [5.74, 6) is 0. The van der Waals surface area contributed by atoms with E-state index < -0.39 is 0 Å². The lowest BCUT2D eigenvalue weighted by molar-refractivity contribution is -0.644. The highest BCUT2D eigenvalue weighted by atomic mass is 32.1. The van der Waals surface area contributed by atoms with E-state index in [2.05, 4.69) is 38.3 Å². The Balaban J connectivity index is 1.97. The Labute approximate surface area is 119 Å². The van der Waals surface area contributed by atoms with Crippen LogP contribution in [0.1, 0.15) is 5.56 Å². The molecule has 0 bridgehead atoms. The van der Waals surface area contributed by atoms with Crippen molar-refractivity contribution in [2.24, 2.45) is 7.05 Å². The van der Waals surface area contributed by atoms with Gasteiger partial charge in [-0.25, -0.2) is 9.13 Å². The highest BCUT2D eigenvalue weighted by Gasteiger charge is 2.32. The summed E-state index contributed by atoms with van der Waals surface area (Å²) in [7, 11) is 2.12. The van der Waals surface area contributed by atoms with Crippen LogP contribution in [0.3, 0.4) is 0 Å². The maximum Gasteiger partial charge on any atom is 0.301 e. The molecule has 5 rings (SSSR count). The summed E-state index contributed by atoms with van der Waals surface area (Å²) in [6, 6.07) is 4.22. The van der Waals surface area contributed by atoms with E-state index in [-0.39, 0.29) is 0 Å². The first-order chi connectivity index (χ1) is 9.84. The Morgan fingerprint density at radius 3 is 3.00 bits per heavy atom. The standard InChI is InChI=1S/C15H11N4S/c1-18-12-7-17-5-3-10(12)13-14(18)19-8-9-2-4-16-6-11(9)15(19)20-13/h2-7H,8H2,1H3/q+1. The van der Waals surface area contributed by atoms with Crippen LogP contribution >= 0.6 is 11.3 Å². The SMILES string of the molecule is Cn1c2cnccc2c2sc3[n+](c21)Cc1ccncc1-3. The molecule has 1 aliphatic rings. The van der Waals surface area contributed by atoms with Gasteiger partial charge in [0.15, 0.2) is 10.5 Å². The van der Waals surface area contributed by atoms with Crippen molar-refractivity contribution in [2.75, 3.05) is 0 Å². The molecule has 0 aromatic carbocycles. The minimum atomic E-state index is 0.935. The average molecular weight is 279 g/mol. The van der Waals surface area contributed by atoms with E-state index in [1.54, 1.807) is 0 Å². The Bertz CT molecular complexity index is 996. The van der Waals surface area contributed by atoms with Crippen molar-refractivity contribution < 1.29 is 4.57 Å². The van der Waals surface area contributed by atoms with Gasteiger partial charge < -0.3 is 0 Å². The average Bonchev–Trinajstić information content (AvgIpc) is 3.09. The summed E-state index contributed by atoms with van der Waals surface area (Å²) < 4.78 is 5.98. The van der Waals surface area contributed by atoms with Crippen LogP contribution in [-0.2, 0) is 13.6 Å². The van der Waals surface area contributed by atoms with Gasteiger partial charge in [0.1, 0.15) is 11.2 Å². The van der Waals surface area contributed by atoms with Gasteiger partial charge in [-0.05, 0) is 12.1 Å². The number of rotatable bonds is 0. The summed E-state index contributed by atoms with van der Waals surface area (Å²) in [6.45, 7) is 0.935. The van der Waals surface area contributed by atoms with Gasteiger partial charge in [0.2, 0.25) is 0 Å². The quantitative estimate of drug-likeness (QED) is 0.408. The molecule has 5 heterocycles. The van der Waals surface area contributed by atoms with Crippen molar-refractivity contribution in [2.45, 2.75) is 6.54 Å². The first kappa shape index (κ1) is 10.5. The second-order valence-electron chi connectivity index (χ2n) is 5.13. The minimum Gasteiger partial charge on any atom is -0.264 e. The number of pyridine rings is 2. The van der Waals surface area contributed by atoms with Crippen LogP contribution in [0.2, 0.25) is 0 Å². The molecule has 4 nitrogen and oxygen atoms in total. The van der Waals surface area contributed by atoms with Gasteiger partial charge in [-0.2, -0.15) is 0 Å². The van der Waals surface area contributed by atoms with E-state index in [4.69, 9.17) is 0 Å². The van der Waals surface area contributed by atoms with E-state index in [1.807, 2.05) is 36.1 Å². The summed E-state index contributed by atoms with van der Waals surface area (Å²) in [5, 5.41) is 2.60. The first-order valence-electron chi connectivity index (χ1n) is 6.52. The van der Waals surface area contributed by atoms with Crippen molar-refractivity contribution in [1.29, 1.82) is 0 Å². The maximum atomic E-state index is 4.27. The van der Waals surface area contributed by atoms with E-state index in [0.717, 1.165) is 6.54 Å². The molecule has 96 valence electrons. The van der Waals surface area contributed by atoms with Crippen molar-refractivity contribution in [3.05, 3.63) is 42.5 Å². The molecule has 0 atom stereocenters. The number of hydrogen-bond acceptors (Lipinski definition) is 3. The highest BCUT2D eigenvalue weighted by molar-refractivity contribution is 7.22. The van der Waals surface area contributed by atoms with Crippen LogP contribution in [0, 0.1) is 0 Å². The second-order valence-corrected chi connectivity index (χ2v) is 6.13. The van der Waals surface area contributed by atoms with Crippen LogP contribution in [-0.4, -0.2) is 14.5 Å². The monoisotopic (exact) mass is 279 g/mol. The summed E-state index contributed by atoms with van der Waals surface area (Å²) in [5.41, 5.74) is 5.11. The topological polar surface area (TPSA) is 34.6 Å². The maximum absolute atomic E-state index is 4.27. The van der Waals surface area contributed by atoms with Crippen LogP contribution in [0.15, 0.2) is 36.9 Å². The van der Waals surface area contributed by atoms with E-state index in [0.29, 0.717) is 0 Å². The molecule has 0 N–H and O–H groups in total. The first-order valence-corrected chi connectivity index (χ1v) is 7.34. The lowest BCUT2D eigenvalue weighted by Gasteiger charge is -1.93. The predicted octanol–water partition coefficient (Wildman–Crippen LogP) is 2.50. The minimum absolute atomic E-state index is 0.935. The molecule has 0 fully saturated rings. The number of thiazole rings is 1. The molecule has 1 aliphatic heterocycles. The zero-order chi connectivity index (χ0) is 13.3. The Morgan fingerprint density at radius 2 is 2.05 bits per heavy atom. The molecule has 4 aromatic rings. The molecule has 0 unspecified atom stereocenters. The third-order valence-electron chi connectivity index (χ3n) is 4.10. The fourth-order valence-electron chi connectivity index (χ4n) is 3.16. The molecule has 20 heavy (non-hydrogen) atoms. The lowest BCUT2D eigenvalue weighted by Crippen LogP contribution is -2.32. The highest BCUT2D eigenvalue weighted by Crippen LogP contribution is 2.38. The fraction of sp³-hybridized carbons (Fsp3) is 0.133. The molecule has 5 heteroatoms. The second kappa shape index (κ2) is 3.43. The van der Waals surface area contributed by atoms with Gasteiger partial charge in [0, 0.05) is 24.2 Å². The molecular formula is C15H11N4S+. The van der Waals surface area contributed by atoms with Crippen molar-refractivity contribution in [1.82, 2.24) is 14.5 Å². The van der Waals surface area contributed by atoms with Gasteiger partial charge in [-0.15, -0.1) is 0 Å². The fourth-order valence-corrected chi connectivity index (χ4v) is 4.52. The molecule has 0 aliphatic carbocycles. The molecule has 0 saturated heterocycles. The summed E-state index contributed by atoms with van der Waals surface area (Å²) in [6.07, 6.45) is 7.66. The van der Waals surface area contributed by atoms with Crippen LogP contribution in [0.25, 0.3) is 31.8 Å². The summed E-state index contributed by atoms with van der Waals surface area (Å²) >= 11 is 1.85. The van der Waals surface area contributed by atoms with Gasteiger partial charge in [-0.3, -0.25) is 9.97 Å². The zero-order valence-electron chi connectivity index (χ0n) is 10.9. The number of aryl methyl sites for hydroxylation is 1. The largest absolute Gasteiger partial charge is 0.301 e. The van der Waals surface area contributed by atoms with Crippen molar-refractivity contribution in [3.8, 4) is 10.6 Å². The molecular weight excluding hydrogens is 268 g/mol. The smallest absolute Gasteiger partial charge is 0.264 e. The third kappa shape index (κ3) is 1.10. The number of aromatic nitrogens is 4. The van der Waals surface area contributed by atoms with Crippen LogP contribution < -0.4 is 4.57 Å². The Morgan fingerprint density at radius 1 is 1.20 bits per heavy atom. The van der Waals surface area contributed by atoms with E-state index in [9.17, 15) is 0 Å². The molecule has 0 amide bonds. The predicted molar refractivity (Wildman–Crippen MR) is 78.6 cm³/mol. The van der Waals surface area contributed by atoms with Gasteiger partial charge >= 0.3 is 5.65 Å². The van der Waals surface area contributed by atoms with Crippen LogP contribution in [0.4, 0.5) is 0 Å².